The van der Waals surface area contributed by atoms with Crippen LogP contribution in [0.4, 0.5) is 0 Å². The molecular weight excluding hydrogens is 375 g/mol. The number of hydrogen-bond donors (Lipinski definition) is 2. The Labute approximate surface area is 193 Å². The summed E-state index contributed by atoms with van der Waals surface area (Å²) in [4.78, 5) is 0. The standard InChI is InChI=1S/C21H35O4.ClH.Na/c1-5-6-7-8-9-10-11-12-13-14-15-17-16(2)18(22)20(24-3)21(25-4)19(17)23;;/h22-23H,1,5-15H2,2-4H3;1H;/q;;+1/p-1. The van der Waals surface area contributed by atoms with Gasteiger partial charge in [0.05, 0.1) is 14.2 Å². The maximum atomic E-state index is 10.4. The zero-order chi connectivity index (χ0) is 18.7. The molecule has 0 amide bonds. The minimum atomic E-state index is 0. The molecule has 1 aromatic carbocycles. The van der Waals surface area contributed by atoms with Gasteiger partial charge in [0.2, 0.25) is 11.5 Å². The van der Waals surface area contributed by atoms with E-state index in [1.807, 2.05) is 0 Å². The van der Waals surface area contributed by atoms with Crippen molar-refractivity contribution in [3.8, 4) is 23.0 Å². The van der Waals surface area contributed by atoms with E-state index in [0.717, 1.165) is 31.2 Å². The van der Waals surface area contributed by atoms with Crippen molar-refractivity contribution in [2.75, 3.05) is 14.2 Å². The summed E-state index contributed by atoms with van der Waals surface area (Å²) in [5.74, 6) is 0.539. The first kappa shape index (κ1) is 28.9. The van der Waals surface area contributed by atoms with E-state index in [1.165, 1.54) is 59.2 Å². The minimum absolute atomic E-state index is 0. The Morgan fingerprint density at radius 3 is 1.59 bits per heavy atom. The molecule has 6 heteroatoms. The number of phenols is 2. The second-order valence-electron chi connectivity index (χ2n) is 6.65. The molecule has 0 aromatic heterocycles. The van der Waals surface area contributed by atoms with Crippen LogP contribution in [-0.2, 0) is 6.42 Å². The average Bonchev–Trinajstić information content (AvgIpc) is 2.61. The molecule has 0 aliphatic carbocycles. The van der Waals surface area contributed by atoms with Crippen LogP contribution in [0.1, 0.15) is 75.3 Å². The number of phenolic OH excluding ortho intramolecular Hbond substituents is 2. The first-order valence-corrected chi connectivity index (χ1v) is 9.53. The van der Waals surface area contributed by atoms with Gasteiger partial charge < -0.3 is 32.1 Å². The fraction of sp³-hybridized carbons (Fsp3) is 0.667. The fourth-order valence-corrected chi connectivity index (χ4v) is 3.24. The predicted molar refractivity (Wildman–Crippen MR) is 103 cm³/mol. The molecule has 0 saturated heterocycles. The number of ether oxygens (including phenoxy) is 2. The Bertz CT molecular complexity index is 524. The molecule has 4 nitrogen and oxygen atoms in total. The molecule has 0 atom stereocenters. The van der Waals surface area contributed by atoms with Crippen molar-refractivity contribution in [1.82, 2.24) is 0 Å². The molecule has 0 spiro atoms. The first-order valence-electron chi connectivity index (χ1n) is 9.53. The Kier molecular flexibility index (Phi) is 17.8. The van der Waals surface area contributed by atoms with E-state index in [2.05, 4.69) is 6.92 Å². The van der Waals surface area contributed by atoms with E-state index in [-0.39, 0.29) is 65.0 Å². The maximum absolute atomic E-state index is 10.4. The predicted octanol–water partition coefficient (Wildman–Crippen LogP) is -0.291. The number of rotatable bonds is 13. The summed E-state index contributed by atoms with van der Waals surface area (Å²) in [6.07, 6.45) is 12.9. The molecule has 0 heterocycles. The van der Waals surface area contributed by atoms with Gasteiger partial charge in [-0.25, -0.2) is 0 Å². The molecule has 1 radical (unpaired) electrons. The smallest absolute Gasteiger partial charge is 1.00 e. The third-order valence-corrected chi connectivity index (χ3v) is 4.82. The van der Waals surface area contributed by atoms with Crippen LogP contribution in [0.25, 0.3) is 0 Å². The zero-order valence-corrected chi connectivity index (χ0v) is 20.3. The van der Waals surface area contributed by atoms with Crippen molar-refractivity contribution in [1.29, 1.82) is 0 Å². The van der Waals surface area contributed by atoms with E-state index in [0.29, 0.717) is 5.56 Å². The molecule has 151 valence electrons. The zero-order valence-electron chi connectivity index (χ0n) is 17.6. The Morgan fingerprint density at radius 2 is 1.15 bits per heavy atom. The summed E-state index contributed by atoms with van der Waals surface area (Å²) in [6, 6.07) is 0. The molecule has 0 fully saturated rings. The molecular formula is C21H35ClNaO4. The van der Waals surface area contributed by atoms with Gasteiger partial charge in [0.25, 0.3) is 0 Å². The molecule has 2 N–H and O–H groups in total. The summed E-state index contributed by atoms with van der Waals surface area (Å²) in [5, 5.41) is 20.7. The number of unbranched alkanes of at least 4 members (excludes halogenated alkanes) is 9. The van der Waals surface area contributed by atoms with Crippen LogP contribution in [0.3, 0.4) is 0 Å². The van der Waals surface area contributed by atoms with Crippen LogP contribution in [0.15, 0.2) is 0 Å². The summed E-state index contributed by atoms with van der Waals surface area (Å²) in [6.45, 7) is 5.67. The largest absolute Gasteiger partial charge is 1.00 e. The van der Waals surface area contributed by atoms with E-state index in [1.54, 1.807) is 6.92 Å². The summed E-state index contributed by atoms with van der Waals surface area (Å²) < 4.78 is 10.4. The first-order chi connectivity index (χ1) is 12.1. The van der Waals surface area contributed by atoms with Crippen molar-refractivity contribution >= 4 is 0 Å². The van der Waals surface area contributed by atoms with Crippen LogP contribution in [0.5, 0.6) is 23.0 Å². The second kappa shape index (κ2) is 16.6. The van der Waals surface area contributed by atoms with Crippen LogP contribution >= 0.6 is 0 Å². The molecule has 0 unspecified atom stereocenters. The van der Waals surface area contributed by atoms with Gasteiger partial charge in [0.1, 0.15) is 0 Å². The van der Waals surface area contributed by atoms with Crippen molar-refractivity contribution in [2.24, 2.45) is 0 Å². The molecule has 0 aliphatic rings. The number of aromatic hydroxyl groups is 2. The van der Waals surface area contributed by atoms with Gasteiger partial charge in [-0.05, 0) is 19.8 Å². The average molecular weight is 410 g/mol. The molecule has 0 saturated carbocycles. The fourth-order valence-electron chi connectivity index (χ4n) is 3.24. The monoisotopic (exact) mass is 409 g/mol. The number of methoxy groups -OCH3 is 2. The molecule has 0 aliphatic heterocycles. The Hall–Kier alpha value is -0.290. The van der Waals surface area contributed by atoms with Gasteiger partial charge in [-0.3, -0.25) is 0 Å². The summed E-state index contributed by atoms with van der Waals surface area (Å²) in [5.41, 5.74) is 1.42. The summed E-state index contributed by atoms with van der Waals surface area (Å²) in [7, 11) is 2.92. The van der Waals surface area contributed by atoms with E-state index in [4.69, 9.17) is 9.47 Å². The maximum Gasteiger partial charge on any atom is 1.00 e. The van der Waals surface area contributed by atoms with Gasteiger partial charge in [0.15, 0.2) is 11.5 Å². The molecule has 0 bridgehead atoms. The summed E-state index contributed by atoms with van der Waals surface area (Å²) >= 11 is 0. The van der Waals surface area contributed by atoms with Crippen molar-refractivity contribution < 1.29 is 61.7 Å². The van der Waals surface area contributed by atoms with Crippen LogP contribution in [0, 0.1) is 13.8 Å². The quantitative estimate of drug-likeness (QED) is 0.267. The number of hydrogen-bond acceptors (Lipinski definition) is 4. The van der Waals surface area contributed by atoms with Gasteiger partial charge in [-0.2, -0.15) is 0 Å². The van der Waals surface area contributed by atoms with Crippen LogP contribution in [-0.4, -0.2) is 24.4 Å². The second-order valence-corrected chi connectivity index (χ2v) is 6.65. The topological polar surface area (TPSA) is 58.9 Å². The number of halogens is 1. The van der Waals surface area contributed by atoms with Crippen molar-refractivity contribution in [3.05, 3.63) is 18.1 Å². The van der Waals surface area contributed by atoms with E-state index >= 15 is 0 Å². The third kappa shape index (κ3) is 9.17. The number of benzene rings is 1. The molecule has 27 heavy (non-hydrogen) atoms. The van der Waals surface area contributed by atoms with Gasteiger partial charge in [0, 0.05) is 11.1 Å². The van der Waals surface area contributed by atoms with Crippen molar-refractivity contribution in [3.63, 3.8) is 0 Å². The van der Waals surface area contributed by atoms with Crippen LogP contribution in [0.2, 0.25) is 0 Å². The molecule has 1 aromatic rings. The Morgan fingerprint density at radius 1 is 0.741 bits per heavy atom. The minimum Gasteiger partial charge on any atom is -1.00 e. The SMILES string of the molecule is [CH2]CCCCCCCCCCCc1c(C)c(O)c(OC)c(OC)c1O.[Cl-].[Na+]. The van der Waals surface area contributed by atoms with Gasteiger partial charge in [-0.15, -0.1) is 0 Å². The van der Waals surface area contributed by atoms with Gasteiger partial charge in [-0.1, -0.05) is 64.7 Å². The third-order valence-electron chi connectivity index (χ3n) is 4.82. The van der Waals surface area contributed by atoms with Crippen LogP contribution < -0.4 is 51.4 Å². The van der Waals surface area contributed by atoms with Gasteiger partial charge >= 0.3 is 29.6 Å². The normalized spacial score (nSPS) is 10.1. The van der Waals surface area contributed by atoms with E-state index < -0.39 is 0 Å². The van der Waals surface area contributed by atoms with Crippen molar-refractivity contribution in [2.45, 2.75) is 77.6 Å². The van der Waals surface area contributed by atoms with E-state index in [9.17, 15) is 10.2 Å². The Balaban J connectivity index is 0. The molecule has 1 rings (SSSR count).